The SMILES string of the molecule is C=CCS(=O)c1ccco1. The van der Waals surface area contributed by atoms with Gasteiger partial charge in [0.2, 0.25) is 0 Å². The third kappa shape index (κ3) is 1.57. The Morgan fingerprint density at radius 3 is 3.10 bits per heavy atom. The molecule has 0 aliphatic carbocycles. The minimum atomic E-state index is -1.04. The molecule has 2 nitrogen and oxygen atoms in total. The second kappa shape index (κ2) is 3.37. The van der Waals surface area contributed by atoms with E-state index in [-0.39, 0.29) is 0 Å². The Hall–Kier alpha value is -0.830. The maximum absolute atomic E-state index is 11.1. The summed E-state index contributed by atoms with van der Waals surface area (Å²) in [6.45, 7) is 3.48. The van der Waals surface area contributed by atoms with Gasteiger partial charge in [0.1, 0.15) is 0 Å². The first-order valence-electron chi connectivity index (χ1n) is 2.87. The van der Waals surface area contributed by atoms with Crippen LogP contribution in [-0.2, 0) is 10.8 Å². The Labute approximate surface area is 62.0 Å². The van der Waals surface area contributed by atoms with Crippen LogP contribution >= 0.6 is 0 Å². The second-order valence-electron chi connectivity index (χ2n) is 1.73. The molecule has 54 valence electrons. The Kier molecular flexibility index (Phi) is 2.45. The lowest BCUT2D eigenvalue weighted by Crippen LogP contribution is -1.91. The van der Waals surface area contributed by atoms with Crippen molar-refractivity contribution in [3.8, 4) is 0 Å². The van der Waals surface area contributed by atoms with Crippen LogP contribution in [0.25, 0.3) is 0 Å². The van der Waals surface area contributed by atoms with Crippen LogP contribution < -0.4 is 0 Å². The summed E-state index contributed by atoms with van der Waals surface area (Å²) in [5, 5.41) is 0.514. The average Bonchev–Trinajstić information content (AvgIpc) is 2.38. The fourth-order valence-electron chi connectivity index (χ4n) is 0.582. The molecule has 1 aromatic heterocycles. The van der Waals surface area contributed by atoms with E-state index in [1.807, 2.05) is 0 Å². The van der Waals surface area contributed by atoms with Crippen molar-refractivity contribution in [1.82, 2.24) is 0 Å². The van der Waals surface area contributed by atoms with E-state index in [0.29, 0.717) is 10.8 Å². The van der Waals surface area contributed by atoms with Crippen molar-refractivity contribution in [1.29, 1.82) is 0 Å². The van der Waals surface area contributed by atoms with Gasteiger partial charge in [0.15, 0.2) is 5.09 Å². The Balaban J connectivity index is 2.68. The third-order valence-corrected chi connectivity index (χ3v) is 2.21. The number of furan rings is 1. The lowest BCUT2D eigenvalue weighted by Gasteiger charge is -1.89. The number of hydrogen-bond acceptors (Lipinski definition) is 2. The van der Waals surface area contributed by atoms with Gasteiger partial charge in [-0.2, -0.15) is 0 Å². The van der Waals surface area contributed by atoms with Crippen LogP contribution in [0.3, 0.4) is 0 Å². The van der Waals surface area contributed by atoms with E-state index in [4.69, 9.17) is 4.42 Å². The standard InChI is InChI=1S/C7H8O2S/c1-2-6-10(8)7-4-3-5-9-7/h2-5H,1,6H2. The molecule has 0 saturated heterocycles. The largest absolute Gasteiger partial charge is 0.456 e. The molecule has 1 heterocycles. The van der Waals surface area contributed by atoms with Crippen molar-refractivity contribution in [3.63, 3.8) is 0 Å². The van der Waals surface area contributed by atoms with Crippen molar-refractivity contribution >= 4 is 10.8 Å². The highest BCUT2D eigenvalue weighted by molar-refractivity contribution is 7.85. The zero-order valence-corrected chi connectivity index (χ0v) is 6.26. The summed E-state index contributed by atoms with van der Waals surface area (Å²) < 4.78 is 16.0. The maximum atomic E-state index is 11.1. The molecular weight excluding hydrogens is 148 g/mol. The minimum absolute atomic E-state index is 0.452. The van der Waals surface area contributed by atoms with Crippen LogP contribution in [0.2, 0.25) is 0 Å². The first kappa shape index (κ1) is 7.28. The topological polar surface area (TPSA) is 30.2 Å². The highest BCUT2D eigenvalue weighted by Crippen LogP contribution is 2.05. The predicted molar refractivity (Wildman–Crippen MR) is 40.2 cm³/mol. The van der Waals surface area contributed by atoms with E-state index < -0.39 is 10.8 Å². The summed E-state index contributed by atoms with van der Waals surface area (Å²) in [7, 11) is -1.04. The quantitative estimate of drug-likeness (QED) is 0.622. The van der Waals surface area contributed by atoms with Crippen LogP contribution in [0.5, 0.6) is 0 Å². The first-order valence-corrected chi connectivity index (χ1v) is 4.19. The third-order valence-electron chi connectivity index (χ3n) is 0.989. The van der Waals surface area contributed by atoms with Gasteiger partial charge in [0.05, 0.1) is 17.1 Å². The fourth-order valence-corrected chi connectivity index (χ4v) is 1.35. The highest BCUT2D eigenvalue weighted by atomic mass is 32.2. The smallest absolute Gasteiger partial charge is 0.190 e. The second-order valence-corrected chi connectivity index (χ2v) is 3.16. The van der Waals surface area contributed by atoms with E-state index >= 15 is 0 Å². The van der Waals surface area contributed by atoms with Crippen molar-refractivity contribution in [2.75, 3.05) is 5.75 Å². The molecule has 1 rings (SSSR count). The van der Waals surface area contributed by atoms with Crippen molar-refractivity contribution < 1.29 is 8.63 Å². The Morgan fingerprint density at radius 2 is 2.60 bits per heavy atom. The van der Waals surface area contributed by atoms with Gasteiger partial charge in [-0.15, -0.1) is 6.58 Å². The fraction of sp³-hybridized carbons (Fsp3) is 0.143. The zero-order chi connectivity index (χ0) is 7.40. The summed E-state index contributed by atoms with van der Waals surface area (Å²) >= 11 is 0. The molecule has 0 aliphatic heterocycles. The van der Waals surface area contributed by atoms with Crippen LogP contribution in [0.1, 0.15) is 0 Å². The molecule has 10 heavy (non-hydrogen) atoms. The van der Waals surface area contributed by atoms with Gasteiger partial charge < -0.3 is 4.42 Å². The van der Waals surface area contributed by atoms with Gasteiger partial charge in [-0.1, -0.05) is 6.08 Å². The lowest BCUT2D eigenvalue weighted by atomic mass is 10.7. The maximum Gasteiger partial charge on any atom is 0.190 e. The van der Waals surface area contributed by atoms with Gasteiger partial charge in [-0.3, -0.25) is 4.21 Å². The molecule has 0 N–H and O–H groups in total. The van der Waals surface area contributed by atoms with Crippen LogP contribution in [0, 0.1) is 0 Å². The molecule has 1 atom stereocenters. The van der Waals surface area contributed by atoms with Crippen molar-refractivity contribution in [3.05, 3.63) is 31.1 Å². The summed E-state index contributed by atoms with van der Waals surface area (Å²) in [5.74, 6) is 0.452. The molecule has 0 aliphatic rings. The summed E-state index contributed by atoms with van der Waals surface area (Å²) in [5.41, 5.74) is 0. The normalized spacial score (nSPS) is 12.8. The van der Waals surface area contributed by atoms with Gasteiger partial charge in [-0.25, -0.2) is 0 Å². The molecule has 0 aromatic carbocycles. The molecule has 0 fully saturated rings. The van der Waals surface area contributed by atoms with Gasteiger partial charge >= 0.3 is 0 Å². The lowest BCUT2D eigenvalue weighted by molar-refractivity contribution is 0.466. The summed E-state index contributed by atoms with van der Waals surface area (Å²) in [6.07, 6.45) is 3.12. The van der Waals surface area contributed by atoms with Crippen LogP contribution in [0.4, 0.5) is 0 Å². The molecular formula is C7H8O2S. The summed E-state index contributed by atoms with van der Waals surface area (Å²) in [4.78, 5) is 0. The van der Waals surface area contributed by atoms with E-state index in [9.17, 15) is 4.21 Å². The monoisotopic (exact) mass is 156 g/mol. The minimum Gasteiger partial charge on any atom is -0.456 e. The van der Waals surface area contributed by atoms with Crippen LogP contribution in [-0.4, -0.2) is 9.96 Å². The first-order chi connectivity index (χ1) is 4.84. The van der Waals surface area contributed by atoms with Gasteiger partial charge in [0.25, 0.3) is 0 Å². The van der Waals surface area contributed by atoms with Gasteiger partial charge in [-0.05, 0) is 12.1 Å². The molecule has 1 aromatic rings. The molecule has 0 bridgehead atoms. The zero-order valence-electron chi connectivity index (χ0n) is 5.45. The van der Waals surface area contributed by atoms with E-state index in [2.05, 4.69) is 6.58 Å². The Bertz CT molecular complexity index is 226. The van der Waals surface area contributed by atoms with Crippen LogP contribution in [0.15, 0.2) is 40.6 Å². The molecule has 0 saturated carbocycles. The molecule has 3 heteroatoms. The van der Waals surface area contributed by atoms with E-state index in [1.165, 1.54) is 6.26 Å². The van der Waals surface area contributed by atoms with Crippen molar-refractivity contribution in [2.45, 2.75) is 5.09 Å². The molecule has 0 amide bonds. The average molecular weight is 156 g/mol. The molecule has 1 unspecified atom stereocenters. The number of rotatable bonds is 3. The van der Waals surface area contributed by atoms with E-state index in [0.717, 1.165) is 0 Å². The molecule has 0 spiro atoms. The highest BCUT2D eigenvalue weighted by Gasteiger charge is 2.01. The van der Waals surface area contributed by atoms with Crippen molar-refractivity contribution in [2.24, 2.45) is 0 Å². The molecule has 0 radical (unpaired) electrons. The van der Waals surface area contributed by atoms with E-state index in [1.54, 1.807) is 18.2 Å². The number of hydrogen-bond donors (Lipinski definition) is 0. The Morgan fingerprint density at radius 1 is 1.80 bits per heavy atom. The van der Waals surface area contributed by atoms with Gasteiger partial charge in [0, 0.05) is 5.75 Å². The predicted octanol–water partition coefficient (Wildman–Crippen LogP) is 1.57. The summed E-state index contributed by atoms with van der Waals surface area (Å²) in [6, 6.07) is 3.41.